The van der Waals surface area contributed by atoms with Crippen LogP contribution in [0.1, 0.15) is 0 Å². The van der Waals surface area contributed by atoms with E-state index in [1.165, 1.54) is 0 Å². The molecule has 0 aliphatic heterocycles. The Morgan fingerprint density at radius 1 is 1.60 bits per heavy atom. The number of rotatable bonds is 1. The SMILES string of the molecule is C=CP(=S)=S. The second-order valence-corrected chi connectivity index (χ2v) is 4.46. The summed E-state index contributed by atoms with van der Waals surface area (Å²) in [6.07, 6.45) is 0. The molecule has 0 unspecified atom stereocenters. The van der Waals surface area contributed by atoms with Gasteiger partial charge in [-0.2, -0.15) is 0 Å². The molecule has 0 aliphatic carbocycles. The van der Waals surface area contributed by atoms with E-state index in [0.717, 1.165) is 0 Å². The molecule has 0 aromatic heterocycles. The summed E-state index contributed by atoms with van der Waals surface area (Å²) in [5, 5.41) is 0. The van der Waals surface area contributed by atoms with E-state index in [4.69, 9.17) is 0 Å². The molecule has 0 N–H and O–H groups in total. The van der Waals surface area contributed by atoms with Crippen molar-refractivity contribution in [1.82, 2.24) is 0 Å². The van der Waals surface area contributed by atoms with Crippen LogP contribution in [0.3, 0.4) is 0 Å². The molecule has 0 rings (SSSR count). The molecule has 0 saturated carbocycles. The Balaban J connectivity index is 3.69. The molecule has 0 radical (unpaired) electrons. The molecule has 0 aromatic rings. The fourth-order valence-corrected chi connectivity index (χ4v) is 0. The maximum atomic E-state index is 4.54. The summed E-state index contributed by atoms with van der Waals surface area (Å²) in [6, 6.07) is 0. The summed E-state index contributed by atoms with van der Waals surface area (Å²) in [5.41, 5.74) is -0.668. The van der Waals surface area contributed by atoms with Crippen molar-refractivity contribution < 1.29 is 0 Å². The van der Waals surface area contributed by atoms with Gasteiger partial charge in [-0.15, -0.1) is 0 Å². The lowest BCUT2D eigenvalue weighted by atomic mass is 11.3. The molecule has 0 spiro atoms. The predicted molar refractivity (Wildman–Crippen MR) is 31.8 cm³/mol. The highest BCUT2D eigenvalue weighted by Crippen LogP contribution is 2.00. The molecule has 0 amide bonds. The van der Waals surface area contributed by atoms with E-state index in [-0.39, 0.29) is 0 Å². The van der Waals surface area contributed by atoms with Gasteiger partial charge in [0.2, 0.25) is 0 Å². The second kappa shape index (κ2) is 2.70. The van der Waals surface area contributed by atoms with Crippen LogP contribution in [-0.4, -0.2) is 0 Å². The molecule has 3 heteroatoms. The standard InChI is InChI=1S/C2H3PS2/c1-2-3(4)5/h2H,1H2. The van der Waals surface area contributed by atoms with Crippen molar-refractivity contribution in [2.75, 3.05) is 0 Å². The van der Waals surface area contributed by atoms with Crippen molar-refractivity contribution >= 4 is 29.1 Å². The van der Waals surface area contributed by atoms with Crippen LogP contribution in [0.25, 0.3) is 0 Å². The van der Waals surface area contributed by atoms with Gasteiger partial charge < -0.3 is 0 Å². The minimum absolute atomic E-state index is 0.668. The first-order valence-corrected chi connectivity index (χ1v) is 4.47. The smallest absolute Gasteiger partial charge is 0.0340 e. The first-order valence-electron chi connectivity index (χ1n) is 1.03. The topological polar surface area (TPSA) is 0 Å². The van der Waals surface area contributed by atoms with E-state index < -0.39 is 5.47 Å². The van der Waals surface area contributed by atoms with E-state index in [0.29, 0.717) is 0 Å². The van der Waals surface area contributed by atoms with Gasteiger partial charge in [-0.3, -0.25) is 0 Å². The van der Waals surface area contributed by atoms with Crippen molar-refractivity contribution in [1.29, 1.82) is 0 Å². The minimum atomic E-state index is -0.668. The molecule has 0 aromatic carbocycles. The largest absolute Gasteiger partial charge is 0.0932 e. The highest BCUT2D eigenvalue weighted by molar-refractivity contribution is 8.26. The van der Waals surface area contributed by atoms with Gasteiger partial charge in [0.1, 0.15) is 0 Å². The fourth-order valence-electron chi connectivity index (χ4n) is 0. The number of hydrogen-bond acceptors (Lipinski definition) is 2. The van der Waals surface area contributed by atoms with Crippen LogP contribution >= 0.6 is 5.47 Å². The first-order chi connectivity index (χ1) is 2.27. The number of hydrogen-bond donors (Lipinski definition) is 0. The lowest BCUT2D eigenvalue weighted by Gasteiger charge is -1.52. The highest BCUT2D eigenvalue weighted by atomic mass is 32.7. The van der Waals surface area contributed by atoms with Gasteiger partial charge in [0.05, 0.1) is 0 Å². The second-order valence-electron chi connectivity index (χ2n) is 0.468. The zero-order valence-electron chi connectivity index (χ0n) is 2.55. The predicted octanol–water partition coefficient (Wildman–Crippen LogP) is 1.54. The van der Waals surface area contributed by atoms with Gasteiger partial charge in [0.25, 0.3) is 0 Å². The monoisotopic (exact) mass is 122 g/mol. The van der Waals surface area contributed by atoms with E-state index in [1.54, 1.807) is 5.82 Å². The lowest BCUT2D eigenvalue weighted by molar-refractivity contribution is 2.67. The maximum Gasteiger partial charge on any atom is 0.0340 e. The molecular formula is C2H3PS2. The molecule has 0 atom stereocenters. The Kier molecular flexibility index (Phi) is 2.96. The van der Waals surface area contributed by atoms with E-state index >= 15 is 0 Å². The molecule has 28 valence electrons. The molecule has 0 fully saturated rings. The zero-order valence-corrected chi connectivity index (χ0v) is 5.08. The van der Waals surface area contributed by atoms with Gasteiger partial charge in [0, 0.05) is 5.47 Å². The van der Waals surface area contributed by atoms with Gasteiger partial charge in [-0.1, -0.05) is 6.58 Å². The highest BCUT2D eigenvalue weighted by Gasteiger charge is 1.50. The summed E-state index contributed by atoms with van der Waals surface area (Å²) < 4.78 is 0. The van der Waals surface area contributed by atoms with Gasteiger partial charge >= 0.3 is 0 Å². The van der Waals surface area contributed by atoms with Crippen molar-refractivity contribution in [2.45, 2.75) is 0 Å². The van der Waals surface area contributed by atoms with Crippen molar-refractivity contribution in [3.63, 3.8) is 0 Å². The van der Waals surface area contributed by atoms with Crippen LogP contribution in [0.4, 0.5) is 0 Å². The van der Waals surface area contributed by atoms with Crippen LogP contribution in [0.15, 0.2) is 12.4 Å². The van der Waals surface area contributed by atoms with Gasteiger partial charge in [0.15, 0.2) is 0 Å². The van der Waals surface area contributed by atoms with Gasteiger partial charge in [-0.05, 0) is 29.4 Å². The Morgan fingerprint density at radius 3 is 1.80 bits per heavy atom. The zero-order chi connectivity index (χ0) is 4.28. The summed E-state index contributed by atoms with van der Waals surface area (Å²) in [7, 11) is 0. The van der Waals surface area contributed by atoms with Crippen molar-refractivity contribution in [3.8, 4) is 0 Å². The molecule has 0 saturated heterocycles. The molecule has 0 nitrogen and oxygen atoms in total. The maximum absolute atomic E-state index is 4.54. The third-order valence-corrected chi connectivity index (χ3v) is 1.34. The quantitative estimate of drug-likeness (QED) is 0.484. The third-order valence-electron chi connectivity index (χ3n) is 0.149. The lowest BCUT2D eigenvalue weighted by Crippen LogP contribution is -1.13. The van der Waals surface area contributed by atoms with Crippen LogP contribution in [0, 0.1) is 0 Å². The summed E-state index contributed by atoms with van der Waals surface area (Å²) in [6.45, 7) is 3.38. The Morgan fingerprint density at radius 2 is 1.80 bits per heavy atom. The fraction of sp³-hybridized carbons (Fsp3) is 0. The van der Waals surface area contributed by atoms with Crippen LogP contribution in [0.2, 0.25) is 0 Å². The minimum Gasteiger partial charge on any atom is -0.0932 e. The van der Waals surface area contributed by atoms with Crippen LogP contribution < -0.4 is 0 Å². The van der Waals surface area contributed by atoms with E-state index in [9.17, 15) is 0 Å². The first kappa shape index (κ1) is 5.48. The molecule has 5 heavy (non-hydrogen) atoms. The molecule has 0 heterocycles. The van der Waals surface area contributed by atoms with Gasteiger partial charge in [-0.25, -0.2) is 0 Å². The van der Waals surface area contributed by atoms with E-state index in [2.05, 4.69) is 30.2 Å². The molecule has 0 aliphatic rings. The van der Waals surface area contributed by atoms with Crippen LogP contribution in [0.5, 0.6) is 0 Å². The third kappa shape index (κ3) is 4.48. The average Bonchev–Trinajstić information content (AvgIpc) is 1.38. The normalized spacial score (nSPS) is 6.40. The van der Waals surface area contributed by atoms with E-state index in [1.807, 2.05) is 0 Å². The molecular weight excluding hydrogens is 119 g/mol. The Bertz CT molecular complexity index is 83.8. The van der Waals surface area contributed by atoms with Crippen molar-refractivity contribution in [2.24, 2.45) is 0 Å². The van der Waals surface area contributed by atoms with Crippen LogP contribution in [-0.2, 0) is 23.6 Å². The summed E-state index contributed by atoms with van der Waals surface area (Å²) in [5.74, 6) is 1.61. The summed E-state index contributed by atoms with van der Waals surface area (Å²) in [4.78, 5) is 0. The average molecular weight is 122 g/mol. The Labute approximate surface area is 42.0 Å². The Hall–Kier alpha value is 0.480. The van der Waals surface area contributed by atoms with Crippen molar-refractivity contribution in [3.05, 3.63) is 12.4 Å². The molecule has 0 bridgehead atoms. The summed E-state index contributed by atoms with van der Waals surface area (Å²) >= 11 is 9.08.